The molecule has 0 heterocycles. The van der Waals surface area contributed by atoms with Crippen LogP contribution in [0.5, 0.6) is 0 Å². The fourth-order valence-electron chi connectivity index (χ4n) is 8.03. The van der Waals surface area contributed by atoms with Gasteiger partial charge in [-0.05, 0) is 77.0 Å². The zero-order valence-electron chi connectivity index (χ0n) is 43.7. The van der Waals surface area contributed by atoms with Crippen LogP contribution in [0.2, 0.25) is 0 Å². The first kappa shape index (κ1) is 63.1. The maximum Gasteiger partial charge on any atom is 0.306 e. The van der Waals surface area contributed by atoms with E-state index in [1.165, 1.54) is 148 Å². The lowest BCUT2D eigenvalue weighted by Crippen LogP contribution is -2.30. The molecule has 6 nitrogen and oxygen atoms in total. The third-order valence-corrected chi connectivity index (χ3v) is 12.3. The molecule has 0 aliphatic rings. The lowest BCUT2D eigenvalue weighted by molar-refractivity contribution is -0.167. The molecule has 0 bridgehead atoms. The first-order valence-corrected chi connectivity index (χ1v) is 28.3. The van der Waals surface area contributed by atoms with Gasteiger partial charge < -0.3 is 14.2 Å². The summed E-state index contributed by atoms with van der Waals surface area (Å²) in [4.78, 5) is 38.1. The average molecular weight is 924 g/mol. The van der Waals surface area contributed by atoms with Crippen molar-refractivity contribution in [3.63, 3.8) is 0 Å². The van der Waals surface area contributed by atoms with Crippen LogP contribution in [-0.2, 0) is 28.6 Å². The molecule has 0 saturated carbocycles. The number of ether oxygens (including phenoxy) is 3. The molecule has 0 amide bonds. The molecule has 6 heteroatoms. The molecule has 0 aromatic heterocycles. The SMILES string of the molecule is CC/C=C\C/C=C\CCCCCCCC(=O)OCC(COC(=O)CCCCCCCCCCCCCCCCCCCCC)OC(=O)CCC/C=C\C/C=C\C/C=C\CCCCCCCC. The molecule has 66 heavy (non-hydrogen) atoms. The predicted octanol–water partition coefficient (Wildman–Crippen LogP) is 18.8. The Balaban J connectivity index is 4.40. The second-order valence-electron chi connectivity index (χ2n) is 18.8. The van der Waals surface area contributed by atoms with Crippen molar-refractivity contribution < 1.29 is 28.6 Å². The van der Waals surface area contributed by atoms with E-state index in [9.17, 15) is 14.4 Å². The van der Waals surface area contributed by atoms with E-state index in [1.807, 2.05) is 0 Å². The summed E-state index contributed by atoms with van der Waals surface area (Å²) >= 11 is 0. The van der Waals surface area contributed by atoms with Gasteiger partial charge in [0.15, 0.2) is 6.10 Å². The third-order valence-electron chi connectivity index (χ3n) is 12.3. The fourth-order valence-corrected chi connectivity index (χ4v) is 8.03. The highest BCUT2D eigenvalue weighted by Gasteiger charge is 2.19. The Bertz CT molecular complexity index is 1200. The van der Waals surface area contributed by atoms with Crippen LogP contribution in [0, 0.1) is 0 Å². The van der Waals surface area contributed by atoms with Gasteiger partial charge >= 0.3 is 17.9 Å². The molecule has 382 valence electrons. The summed E-state index contributed by atoms with van der Waals surface area (Å²) in [6.07, 6.45) is 68.0. The Hall–Kier alpha value is -2.89. The zero-order chi connectivity index (χ0) is 47.9. The van der Waals surface area contributed by atoms with Gasteiger partial charge in [0.05, 0.1) is 0 Å². The van der Waals surface area contributed by atoms with Crippen molar-refractivity contribution in [2.75, 3.05) is 13.2 Å². The average Bonchev–Trinajstić information content (AvgIpc) is 3.31. The Morgan fingerprint density at radius 1 is 0.318 bits per heavy atom. The highest BCUT2D eigenvalue weighted by molar-refractivity contribution is 5.71. The molecule has 0 fully saturated rings. The summed E-state index contributed by atoms with van der Waals surface area (Å²) in [7, 11) is 0. The minimum atomic E-state index is -0.804. The molecule has 0 spiro atoms. The molecule has 0 radical (unpaired) electrons. The second-order valence-corrected chi connectivity index (χ2v) is 18.8. The summed E-state index contributed by atoms with van der Waals surface area (Å²) in [6, 6.07) is 0. The van der Waals surface area contributed by atoms with Gasteiger partial charge in [-0.25, -0.2) is 0 Å². The van der Waals surface area contributed by atoms with Gasteiger partial charge in [0.1, 0.15) is 13.2 Å². The minimum absolute atomic E-state index is 0.0964. The molecule has 0 N–H and O–H groups in total. The monoisotopic (exact) mass is 923 g/mol. The number of esters is 3. The van der Waals surface area contributed by atoms with Crippen LogP contribution in [0.25, 0.3) is 0 Å². The van der Waals surface area contributed by atoms with Crippen molar-refractivity contribution in [3.8, 4) is 0 Å². The van der Waals surface area contributed by atoms with Crippen molar-refractivity contribution in [2.45, 2.75) is 290 Å². The quantitative estimate of drug-likeness (QED) is 0.0262. The van der Waals surface area contributed by atoms with Crippen LogP contribution in [-0.4, -0.2) is 37.2 Å². The van der Waals surface area contributed by atoms with Gasteiger partial charge in [0, 0.05) is 19.3 Å². The number of carbonyl (C=O) groups is 3. The third kappa shape index (κ3) is 52.1. The largest absolute Gasteiger partial charge is 0.462 e. The van der Waals surface area contributed by atoms with E-state index in [2.05, 4.69) is 81.5 Å². The van der Waals surface area contributed by atoms with Gasteiger partial charge in [-0.1, -0.05) is 248 Å². The first-order valence-electron chi connectivity index (χ1n) is 28.3. The predicted molar refractivity (Wildman–Crippen MR) is 284 cm³/mol. The van der Waals surface area contributed by atoms with Crippen molar-refractivity contribution in [3.05, 3.63) is 60.8 Å². The van der Waals surface area contributed by atoms with Crippen molar-refractivity contribution in [1.29, 1.82) is 0 Å². The molecule has 0 saturated heterocycles. The molecular weight excluding hydrogens is 817 g/mol. The normalized spacial score (nSPS) is 12.5. The summed E-state index contributed by atoms with van der Waals surface area (Å²) in [5.41, 5.74) is 0. The summed E-state index contributed by atoms with van der Waals surface area (Å²) in [6.45, 7) is 6.50. The van der Waals surface area contributed by atoms with E-state index < -0.39 is 6.10 Å². The molecule has 0 aliphatic heterocycles. The minimum Gasteiger partial charge on any atom is -0.462 e. The van der Waals surface area contributed by atoms with Gasteiger partial charge in [-0.15, -0.1) is 0 Å². The number of rotatable bonds is 51. The van der Waals surface area contributed by atoms with Gasteiger partial charge in [-0.3, -0.25) is 14.4 Å². The van der Waals surface area contributed by atoms with E-state index in [1.54, 1.807) is 0 Å². The highest BCUT2D eigenvalue weighted by Crippen LogP contribution is 2.16. The Kier molecular flexibility index (Phi) is 52.3. The second kappa shape index (κ2) is 54.7. The van der Waals surface area contributed by atoms with E-state index in [0.717, 1.165) is 89.9 Å². The van der Waals surface area contributed by atoms with Crippen LogP contribution >= 0.6 is 0 Å². The van der Waals surface area contributed by atoms with Crippen LogP contribution in [0.3, 0.4) is 0 Å². The highest BCUT2D eigenvalue weighted by atomic mass is 16.6. The molecular formula is C60H106O6. The van der Waals surface area contributed by atoms with Gasteiger partial charge in [0.25, 0.3) is 0 Å². The maximum atomic E-state index is 12.8. The van der Waals surface area contributed by atoms with Crippen LogP contribution in [0.1, 0.15) is 284 Å². The number of hydrogen-bond donors (Lipinski definition) is 0. The van der Waals surface area contributed by atoms with E-state index >= 15 is 0 Å². The number of hydrogen-bond acceptors (Lipinski definition) is 6. The van der Waals surface area contributed by atoms with Crippen molar-refractivity contribution in [1.82, 2.24) is 0 Å². The molecule has 0 aromatic rings. The Morgan fingerprint density at radius 3 is 0.970 bits per heavy atom. The van der Waals surface area contributed by atoms with Crippen LogP contribution < -0.4 is 0 Å². The van der Waals surface area contributed by atoms with Crippen molar-refractivity contribution >= 4 is 17.9 Å². The smallest absolute Gasteiger partial charge is 0.306 e. The van der Waals surface area contributed by atoms with E-state index in [-0.39, 0.29) is 37.5 Å². The first-order chi connectivity index (χ1) is 32.5. The van der Waals surface area contributed by atoms with Crippen molar-refractivity contribution in [2.24, 2.45) is 0 Å². The molecule has 1 atom stereocenters. The Labute approximate surface area is 409 Å². The topological polar surface area (TPSA) is 78.9 Å². The maximum absolute atomic E-state index is 12.8. The molecule has 0 aliphatic carbocycles. The summed E-state index contributed by atoms with van der Waals surface area (Å²) < 4.78 is 16.8. The lowest BCUT2D eigenvalue weighted by atomic mass is 10.0. The molecule has 1 unspecified atom stereocenters. The zero-order valence-corrected chi connectivity index (χ0v) is 43.7. The van der Waals surface area contributed by atoms with Crippen LogP contribution in [0.15, 0.2) is 60.8 Å². The summed E-state index contributed by atoms with van der Waals surface area (Å²) in [5.74, 6) is -0.955. The molecule has 0 rings (SSSR count). The van der Waals surface area contributed by atoms with Gasteiger partial charge in [0.2, 0.25) is 0 Å². The van der Waals surface area contributed by atoms with Gasteiger partial charge in [-0.2, -0.15) is 0 Å². The summed E-state index contributed by atoms with van der Waals surface area (Å²) in [5, 5.41) is 0. The standard InChI is InChI=1S/C60H106O6/c1-4-7-10-13-16-19-22-25-27-29-30-32-33-35-38-41-44-47-50-53-59(62)65-56-57(55-64-58(61)52-49-46-43-40-37-24-21-18-15-12-9-6-3)66-60(63)54-51-48-45-42-39-36-34-31-28-26-23-20-17-14-11-8-5-2/h9,12,18,21,26,28,34,36,42,45,57H,4-8,10-11,13-17,19-20,22-25,27,29-33,35,37-41,43-44,46-56H2,1-3H3/b12-9-,21-18-,28-26-,36-34-,45-42-. The Morgan fingerprint density at radius 2 is 0.606 bits per heavy atom. The fraction of sp³-hybridized carbons (Fsp3) is 0.783. The lowest BCUT2D eigenvalue weighted by Gasteiger charge is -2.18. The van der Waals surface area contributed by atoms with Crippen LogP contribution in [0.4, 0.5) is 0 Å². The number of unbranched alkanes of at least 4 members (excludes halogenated alkanes) is 30. The number of carbonyl (C=O) groups excluding carboxylic acids is 3. The number of allylic oxidation sites excluding steroid dienone is 10. The molecule has 0 aromatic carbocycles. The van der Waals surface area contributed by atoms with E-state index in [4.69, 9.17) is 14.2 Å². The van der Waals surface area contributed by atoms with E-state index in [0.29, 0.717) is 19.3 Å².